The average molecular weight is 471 g/mol. The number of nitrogens with one attached hydrogen (secondary N) is 1. The summed E-state index contributed by atoms with van der Waals surface area (Å²) in [5, 5.41) is 12.5. The Morgan fingerprint density at radius 3 is 2.78 bits per heavy atom. The Morgan fingerprint density at radius 2 is 2.06 bits per heavy atom. The van der Waals surface area contributed by atoms with Gasteiger partial charge in [0.15, 0.2) is 0 Å². The smallest absolute Gasteiger partial charge is 0.264 e. The highest BCUT2D eigenvalue weighted by atomic mass is 35.5. The maximum atomic E-state index is 12.6. The molecular formula is C21H19ClN6O3S. The molecule has 3 N–H and O–H groups in total. The van der Waals surface area contributed by atoms with Crippen LogP contribution in [0.15, 0.2) is 58.1 Å². The summed E-state index contributed by atoms with van der Waals surface area (Å²) < 4.78 is 12.0. The van der Waals surface area contributed by atoms with E-state index in [9.17, 15) is 4.79 Å². The first-order chi connectivity index (χ1) is 15.5. The molecular weight excluding hydrogens is 452 g/mol. The zero-order chi connectivity index (χ0) is 22.7. The molecule has 11 heteroatoms. The number of benzene rings is 2. The van der Waals surface area contributed by atoms with Crippen LogP contribution in [0.2, 0.25) is 5.02 Å². The molecule has 4 rings (SSSR count). The number of nitrogens with zero attached hydrogens (tertiary/aromatic N) is 4. The van der Waals surface area contributed by atoms with Gasteiger partial charge < -0.3 is 20.3 Å². The van der Waals surface area contributed by atoms with Crippen molar-refractivity contribution in [3.8, 4) is 28.6 Å². The minimum atomic E-state index is -0.293. The summed E-state index contributed by atoms with van der Waals surface area (Å²) in [6.07, 6.45) is 1.85. The number of rotatable bonds is 7. The number of amides is 1. The Labute approximate surface area is 192 Å². The lowest BCUT2D eigenvalue weighted by molar-refractivity contribution is -0.116. The van der Waals surface area contributed by atoms with Gasteiger partial charge in [-0.05, 0) is 42.7 Å². The molecule has 2 aromatic heterocycles. The summed E-state index contributed by atoms with van der Waals surface area (Å²) in [5.41, 5.74) is 8.15. The van der Waals surface area contributed by atoms with E-state index >= 15 is 0 Å². The second kappa shape index (κ2) is 9.33. The molecule has 0 spiro atoms. The van der Waals surface area contributed by atoms with Crippen LogP contribution in [0.3, 0.4) is 0 Å². The van der Waals surface area contributed by atoms with E-state index in [1.54, 1.807) is 55.6 Å². The Balaban J connectivity index is 1.57. The first-order valence-electron chi connectivity index (χ1n) is 9.42. The van der Waals surface area contributed by atoms with Crippen molar-refractivity contribution in [2.24, 2.45) is 0 Å². The van der Waals surface area contributed by atoms with Crippen LogP contribution < -0.4 is 15.8 Å². The van der Waals surface area contributed by atoms with Crippen LogP contribution in [0.4, 0.5) is 11.5 Å². The Morgan fingerprint density at radius 1 is 1.28 bits per heavy atom. The van der Waals surface area contributed by atoms with Crippen molar-refractivity contribution < 1.29 is 14.1 Å². The molecule has 9 nitrogen and oxygen atoms in total. The Hall–Kier alpha value is -3.50. The second-order valence-corrected chi connectivity index (χ2v) is 7.87. The quantitative estimate of drug-likeness (QED) is 0.385. The maximum absolute atomic E-state index is 12.6. The number of thioether (sulfide) groups is 1. The highest BCUT2D eigenvalue weighted by Crippen LogP contribution is 2.35. The van der Waals surface area contributed by atoms with Gasteiger partial charge in [0.05, 0.1) is 7.11 Å². The highest BCUT2D eigenvalue weighted by molar-refractivity contribution is 7.98. The number of aromatic nitrogens is 4. The summed E-state index contributed by atoms with van der Waals surface area (Å²) in [5.74, 6) is 1.21. The van der Waals surface area contributed by atoms with Gasteiger partial charge in [-0.2, -0.15) is 10.1 Å². The largest absolute Gasteiger partial charge is 0.497 e. The van der Waals surface area contributed by atoms with E-state index in [-0.39, 0.29) is 24.2 Å². The Bertz CT molecular complexity index is 1250. The normalized spacial score (nSPS) is 10.8. The minimum Gasteiger partial charge on any atom is -0.497 e. The molecule has 4 aromatic rings. The fourth-order valence-electron chi connectivity index (χ4n) is 3.00. The molecule has 2 aromatic carbocycles. The van der Waals surface area contributed by atoms with Crippen LogP contribution in [0.25, 0.3) is 22.8 Å². The topological polar surface area (TPSA) is 121 Å². The van der Waals surface area contributed by atoms with Gasteiger partial charge in [0.25, 0.3) is 5.89 Å². The predicted molar refractivity (Wildman–Crippen MR) is 124 cm³/mol. The van der Waals surface area contributed by atoms with Crippen LogP contribution >= 0.6 is 23.4 Å². The van der Waals surface area contributed by atoms with E-state index < -0.39 is 0 Å². The minimum absolute atomic E-state index is 0.0885. The van der Waals surface area contributed by atoms with Crippen molar-refractivity contribution in [2.45, 2.75) is 11.6 Å². The fourth-order valence-corrected chi connectivity index (χ4v) is 3.70. The fraction of sp³-hybridized carbons (Fsp3) is 0.143. The molecule has 0 aliphatic rings. The second-order valence-electron chi connectivity index (χ2n) is 6.64. The summed E-state index contributed by atoms with van der Waals surface area (Å²) in [6.45, 7) is -0.0885. The standard InChI is InChI=1S/C21H19ClN6O3S/c1-30-15-5-3-4-14(10-15)24-16(29)11-28-18(23)17(21(26-28)32-2)20-25-19(27-31-20)12-6-8-13(22)9-7-12/h3-10H,11,23H2,1-2H3,(H,24,29). The molecule has 0 aliphatic heterocycles. The molecule has 0 unspecified atom stereocenters. The van der Waals surface area contributed by atoms with Crippen molar-refractivity contribution in [3.63, 3.8) is 0 Å². The first-order valence-corrected chi connectivity index (χ1v) is 11.0. The molecule has 2 heterocycles. The third kappa shape index (κ3) is 4.56. The number of hydrogen-bond acceptors (Lipinski definition) is 8. The van der Waals surface area contributed by atoms with Gasteiger partial charge in [0, 0.05) is 22.3 Å². The van der Waals surface area contributed by atoms with Gasteiger partial charge in [0.2, 0.25) is 11.7 Å². The molecule has 0 aliphatic carbocycles. The molecule has 0 atom stereocenters. The number of nitrogen functional groups attached to an aromatic ring is 1. The number of halogens is 1. The lowest BCUT2D eigenvalue weighted by Crippen LogP contribution is -2.20. The number of carbonyl (C=O) groups is 1. The van der Waals surface area contributed by atoms with Crippen molar-refractivity contribution in [1.82, 2.24) is 19.9 Å². The van der Waals surface area contributed by atoms with E-state index in [0.717, 1.165) is 5.56 Å². The first kappa shape index (κ1) is 21.7. The molecule has 0 fully saturated rings. The van der Waals surface area contributed by atoms with Crippen LogP contribution in [0.1, 0.15) is 0 Å². The molecule has 0 saturated heterocycles. The van der Waals surface area contributed by atoms with Crippen molar-refractivity contribution in [1.29, 1.82) is 0 Å². The van der Waals surface area contributed by atoms with E-state index in [0.29, 0.717) is 32.9 Å². The third-order valence-electron chi connectivity index (χ3n) is 4.54. The summed E-state index contributed by atoms with van der Waals surface area (Å²) in [7, 11) is 1.56. The van der Waals surface area contributed by atoms with Crippen molar-refractivity contribution in [2.75, 3.05) is 24.4 Å². The Kier molecular flexibility index (Phi) is 6.33. The maximum Gasteiger partial charge on any atom is 0.264 e. The van der Waals surface area contributed by atoms with Gasteiger partial charge in [-0.1, -0.05) is 22.8 Å². The molecule has 1 amide bonds. The molecule has 164 valence electrons. The monoisotopic (exact) mass is 470 g/mol. The number of anilines is 2. The van der Waals surface area contributed by atoms with Crippen LogP contribution in [-0.2, 0) is 11.3 Å². The van der Waals surface area contributed by atoms with Gasteiger partial charge in [0.1, 0.15) is 28.7 Å². The lowest BCUT2D eigenvalue weighted by atomic mass is 10.2. The predicted octanol–water partition coefficient (Wildman–Crippen LogP) is 4.20. The van der Waals surface area contributed by atoms with Crippen molar-refractivity contribution in [3.05, 3.63) is 53.6 Å². The molecule has 0 bridgehead atoms. The van der Waals surface area contributed by atoms with Gasteiger partial charge in [-0.15, -0.1) is 11.8 Å². The van der Waals surface area contributed by atoms with Crippen LogP contribution in [-0.4, -0.2) is 39.2 Å². The number of hydrogen-bond donors (Lipinski definition) is 2. The summed E-state index contributed by atoms with van der Waals surface area (Å²) >= 11 is 7.30. The molecule has 32 heavy (non-hydrogen) atoms. The highest BCUT2D eigenvalue weighted by Gasteiger charge is 2.23. The number of ether oxygens (including phenoxy) is 1. The molecule has 0 radical (unpaired) electrons. The number of carbonyl (C=O) groups excluding carboxylic acids is 1. The van der Waals surface area contributed by atoms with Crippen LogP contribution in [0, 0.1) is 0 Å². The van der Waals surface area contributed by atoms with Gasteiger partial charge >= 0.3 is 0 Å². The number of methoxy groups -OCH3 is 1. The van der Waals surface area contributed by atoms with E-state index in [1.165, 1.54) is 16.4 Å². The zero-order valence-corrected chi connectivity index (χ0v) is 18.8. The zero-order valence-electron chi connectivity index (χ0n) is 17.2. The summed E-state index contributed by atoms with van der Waals surface area (Å²) in [4.78, 5) is 17.0. The SMILES string of the molecule is COc1cccc(NC(=O)Cn2nc(SC)c(-c3nc(-c4ccc(Cl)cc4)no3)c2N)c1. The van der Waals surface area contributed by atoms with Crippen LogP contribution in [0.5, 0.6) is 5.75 Å². The van der Waals surface area contributed by atoms with Crippen molar-refractivity contribution >= 4 is 40.8 Å². The average Bonchev–Trinajstić information content (AvgIpc) is 3.39. The third-order valence-corrected chi connectivity index (χ3v) is 5.47. The van der Waals surface area contributed by atoms with Gasteiger partial charge in [-0.3, -0.25) is 4.79 Å². The van der Waals surface area contributed by atoms with E-state index in [4.69, 9.17) is 26.6 Å². The summed E-state index contributed by atoms with van der Waals surface area (Å²) in [6, 6.07) is 14.1. The van der Waals surface area contributed by atoms with E-state index in [1.807, 2.05) is 6.26 Å². The number of nitrogens with two attached hydrogens (primary N) is 1. The molecule has 0 saturated carbocycles. The van der Waals surface area contributed by atoms with E-state index in [2.05, 4.69) is 20.6 Å². The van der Waals surface area contributed by atoms with Gasteiger partial charge in [-0.25, -0.2) is 4.68 Å². The lowest BCUT2D eigenvalue weighted by Gasteiger charge is -2.08.